The van der Waals surface area contributed by atoms with Crippen LogP contribution in [0.3, 0.4) is 0 Å². The fourth-order valence-electron chi connectivity index (χ4n) is 8.78. The molecular weight excluding hydrogens is 681 g/mol. The molecule has 5 fully saturated rings. The van der Waals surface area contributed by atoms with Crippen LogP contribution < -0.4 is 0 Å². The molecule has 0 aromatic carbocycles. The number of hydrogen-bond acceptors (Lipinski definition) is 0. The Morgan fingerprint density at radius 2 is 1.20 bits per heavy atom. The first-order valence-corrected chi connectivity index (χ1v) is 26.8. The Hall–Kier alpha value is 1.95. The molecular formula is C36H62NSi3Sm-. The monoisotopic (exact) mass is 744 g/mol. The molecule has 230 valence electrons. The van der Waals surface area contributed by atoms with Gasteiger partial charge in [0.25, 0.3) is 0 Å². The molecule has 0 heterocycles. The van der Waals surface area contributed by atoms with Gasteiger partial charge in [0, 0.05) is 40.4 Å². The standard InChI is InChI=1S/C30H44Si.C6H18NSi2.Sm/c1-20(2)24-17-14-21(3)18-29(24)22-15-16-23(19-22)31(4,5)30-27-12-8-6-10-25(27)26-11-7-9-13-28(26)30;1-8(2,3)7-9(4,5)6;/h15-16,19-21,24,29H,6-14,17-18H2,1-5H3;1-6H3;/q;-1;/t21-,24+,29+;;/m1../s1. The predicted molar refractivity (Wildman–Crippen MR) is 185 cm³/mol. The van der Waals surface area contributed by atoms with Crippen LogP contribution in [0.1, 0.15) is 91.4 Å². The van der Waals surface area contributed by atoms with Crippen molar-refractivity contribution in [3.8, 4) is 0 Å². The smallest absolute Gasteiger partial charge is 0.0626 e. The first-order chi connectivity index (χ1) is 18.6. The van der Waals surface area contributed by atoms with E-state index in [2.05, 4.69) is 92.4 Å². The second-order valence-corrected chi connectivity index (χ2v) is 30.6. The minimum atomic E-state index is -1.67. The van der Waals surface area contributed by atoms with Crippen LogP contribution in [0.2, 0.25) is 52.4 Å². The van der Waals surface area contributed by atoms with Gasteiger partial charge in [0.05, 0.1) is 8.07 Å². The molecule has 0 saturated heterocycles. The van der Waals surface area contributed by atoms with Gasteiger partial charge in [-0.1, -0.05) is 122 Å². The minimum absolute atomic E-state index is 0. The Bertz CT molecular complexity index is 768. The summed E-state index contributed by atoms with van der Waals surface area (Å²) in [6, 6.07) is 0. The van der Waals surface area contributed by atoms with E-state index in [1.165, 1.54) is 70.6 Å². The zero-order valence-corrected chi connectivity index (χ0v) is 34.3. The van der Waals surface area contributed by atoms with E-state index in [1.807, 2.05) is 29.2 Å². The van der Waals surface area contributed by atoms with Crippen molar-refractivity contribution >= 4 is 24.5 Å². The Labute approximate surface area is 294 Å². The van der Waals surface area contributed by atoms with Crippen molar-refractivity contribution in [2.75, 3.05) is 0 Å². The van der Waals surface area contributed by atoms with E-state index in [-0.39, 0.29) is 40.4 Å². The number of fused-ring (bicyclic) bond motifs is 3. The maximum atomic E-state index is 4.82. The van der Waals surface area contributed by atoms with Gasteiger partial charge in [0.1, 0.15) is 0 Å². The van der Waals surface area contributed by atoms with Gasteiger partial charge >= 0.3 is 0 Å². The topological polar surface area (TPSA) is 14.1 Å². The minimum Gasteiger partial charge on any atom is -0.668 e. The molecule has 0 spiro atoms. The van der Waals surface area contributed by atoms with Crippen molar-refractivity contribution in [1.82, 2.24) is 0 Å². The molecule has 0 unspecified atom stereocenters. The van der Waals surface area contributed by atoms with Crippen molar-refractivity contribution < 1.29 is 40.4 Å². The average molecular weight is 744 g/mol. The third kappa shape index (κ3) is 9.50. The van der Waals surface area contributed by atoms with Crippen molar-refractivity contribution in [3.63, 3.8) is 0 Å². The molecule has 3 atom stereocenters. The summed E-state index contributed by atoms with van der Waals surface area (Å²) in [5.41, 5.74) is 3.61. The molecule has 5 heteroatoms. The van der Waals surface area contributed by atoms with Gasteiger partial charge in [-0.3, -0.25) is 0 Å². The van der Waals surface area contributed by atoms with Crippen LogP contribution in [0.5, 0.6) is 0 Å². The van der Waals surface area contributed by atoms with E-state index in [9.17, 15) is 0 Å². The van der Waals surface area contributed by atoms with E-state index in [0.29, 0.717) is 0 Å². The van der Waals surface area contributed by atoms with Crippen molar-refractivity contribution in [2.24, 2.45) is 23.7 Å². The van der Waals surface area contributed by atoms with Crippen LogP contribution in [0.4, 0.5) is 0 Å². The number of nitrogens with zero attached hydrogens (tertiary/aromatic N) is 1. The normalized spacial score (nSPS) is 30.6. The zero-order valence-electron chi connectivity index (χ0n) is 28.7. The van der Waals surface area contributed by atoms with E-state index in [0.717, 1.165) is 23.7 Å². The predicted octanol–water partition coefficient (Wildman–Crippen LogP) is 11.3. The van der Waals surface area contributed by atoms with Crippen molar-refractivity contribution in [3.05, 3.63) is 64.6 Å². The third-order valence-electron chi connectivity index (χ3n) is 10.1. The molecule has 0 N–H and O–H groups in total. The summed E-state index contributed by atoms with van der Waals surface area (Å²) in [6.45, 7) is 26.5. The summed E-state index contributed by atoms with van der Waals surface area (Å²) in [5, 5.41) is 0. The molecule has 5 saturated carbocycles. The van der Waals surface area contributed by atoms with Crippen LogP contribution in [0.15, 0.2) is 0 Å². The quantitative estimate of drug-likeness (QED) is 0.241. The second-order valence-electron chi connectivity index (χ2n) is 16.6. The SMILES string of the molecule is CC(C)[C@@H]1CC[C@@H](C)C[C@H]1[C]1[CH][CH][C]([Si](C)(C)[C]2[C]3CCCC[C]3[C]3CCCC[C]32)[CH]1.C[Si](C)(C)[N-][Si](C)(C)C.[Sm]. The summed E-state index contributed by atoms with van der Waals surface area (Å²) in [7, 11) is -3.88. The summed E-state index contributed by atoms with van der Waals surface area (Å²) in [4.78, 5) is 0. The average Bonchev–Trinajstić information content (AvgIpc) is 3.46. The molecule has 10 radical (unpaired) electrons. The maximum Gasteiger partial charge on any atom is 0.0626 e. The number of hydrogen-bond donors (Lipinski definition) is 0. The van der Waals surface area contributed by atoms with Gasteiger partial charge in [-0.15, -0.1) is 0 Å². The van der Waals surface area contributed by atoms with Gasteiger partial charge < -0.3 is 4.65 Å². The molecule has 0 aromatic heterocycles. The fraction of sp³-hybridized carbons (Fsp3) is 0.722. The largest absolute Gasteiger partial charge is 0.668 e. The van der Waals surface area contributed by atoms with Crippen LogP contribution in [0, 0.1) is 124 Å². The maximum absolute atomic E-state index is 4.82. The Morgan fingerprint density at radius 1 is 0.707 bits per heavy atom. The van der Waals surface area contributed by atoms with E-state index in [1.54, 1.807) is 11.5 Å². The van der Waals surface area contributed by atoms with Gasteiger partial charge in [-0.2, -0.15) is 0 Å². The summed E-state index contributed by atoms with van der Waals surface area (Å²) >= 11 is 0. The van der Waals surface area contributed by atoms with Gasteiger partial charge in [0.2, 0.25) is 0 Å². The van der Waals surface area contributed by atoms with E-state index < -0.39 is 24.5 Å². The van der Waals surface area contributed by atoms with Gasteiger partial charge in [-0.25, -0.2) is 0 Å². The van der Waals surface area contributed by atoms with Gasteiger partial charge in [-0.05, 0) is 122 Å². The summed E-state index contributed by atoms with van der Waals surface area (Å²) in [6.07, 6.45) is 23.2. The molecule has 41 heavy (non-hydrogen) atoms. The molecule has 0 aliphatic heterocycles. The molecule has 5 aliphatic carbocycles. The van der Waals surface area contributed by atoms with E-state index >= 15 is 0 Å². The molecule has 1 nitrogen and oxygen atoms in total. The zero-order chi connectivity index (χ0) is 29.5. The molecule has 5 aliphatic rings. The summed E-state index contributed by atoms with van der Waals surface area (Å²) < 4.78 is 4.82. The van der Waals surface area contributed by atoms with Crippen LogP contribution in [0.25, 0.3) is 4.65 Å². The van der Waals surface area contributed by atoms with Crippen LogP contribution in [-0.4, -0.2) is 24.5 Å². The first kappa shape index (κ1) is 37.4. The summed E-state index contributed by atoms with van der Waals surface area (Å²) in [5.74, 6) is 12.3. The van der Waals surface area contributed by atoms with Crippen molar-refractivity contribution in [2.45, 2.75) is 144 Å². The Morgan fingerprint density at radius 3 is 1.63 bits per heavy atom. The van der Waals surface area contributed by atoms with E-state index in [4.69, 9.17) is 4.65 Å². The Kier molecular flexibility index (Phi) is 13.9. The Balaban J connectivity index is 0.000000403. The third-order valence-corrected chi connectivity index (χ3v) is 19.1. The molecule has 0 bridgehead atoms. The first-order valence-electron chi connectivity index (χ1n) is 16.9. The van der Waals surface area contributed by atoms with Crippen LogP contribution in [-0.2, 0) is 0 Å². The molecule has 0 aromatic rings. The molecule has 5 rings (SSSR count). The van der Waals surface area contributed by atoms with Crippen LogP contribution >= 0.6 is 0 Å². The van der Waals surface area contributed by atoms with Gasteiger partial charge in [0.15, 0.2) is 0 Å². The molecule has 0 amide bonds. The fourth-order valence-corrected chi connectivity index (χ4v) is 20.2. The number of rotatable bonds is 6. The second kappa shape index (κ2) is 15.2. The van der Waals surface area contributed by atoms with Crippen molar-refractivity contribution in [1.29, 1.82) is 0 Å².